The third kappa shape index (κ3) is 4.08. The van der Waals surface area contributed by atoms with Crippen LogP contribution in [0, 0.1) is 11.6 Å². The van der Waals surface area contributed by atoms with Crippen LogP contribution in [0.2, 0.25) is 0 Å². The van der Waals surface area contributed by atoms with Crippen LogP contribution in [0.25, 0.3) is 11.1 Å². The number of rotatable bonds is 5. The number of carbonyl (C=O) groups is 1. The van der Waals surface area contributed by atoms with E-state index in [2.05, 4.69) is 20.5 Å². The molecule has 35 heavy (non-hydrogen) atoms. The fourth-order valence-electron chi connectivity index (χ4n) is 5.81. The molecule has 2 N–H and O–H groups in total. The van der Waals surface area contributed by atoms with E-state index in [1.165, 1.54) is 12.1 Å². The minimum Gasteiger partial charge on any atom is -0.368 e. The van der Waals surface area contributed by atoms with Crippen molar-refractivity contribution in [1.29, 1.82) is 0 Å². The van der Waals surface area contributed by atoms with Gasteiger partial charge in [-0.05, 0) is 61.9 Å². The van der Waals surface area contributed by atoms with Crippen LogP contribution >= 0.6 is 0 Å². The summed E-state index contributed by atoms with van der Waals surface area (Å²) in [6.07, 6.45) is 8.10. The highest BCUT2D eigenvalue weighted by Gasteiger charge is 2.47. The third-order valence-electron chi connectivity index (χ3n) is 7.77. The van der Waals surface area contributed by atoms with Gasteiger partial charge >= 0.3 is 0 Å². The van der Waals surface area contributed by atoms with Gasteiger partial charge in [0.1, 0.15) is 11.6 Å². The number of nitrogens with one attached hydrogen (secondary N) is 2. The average molecular weight is 475 g/mol. The van der Waals surface area contributed by atoms with E-state index in [1.807, 2.05) is 30.3 Å². The lowest BCUT2D eigenvalue weighted by Gasteiger charge is -2.29. The summed E-state index contributed by atoms with van der Waals surface area (Å²) < 4.78 is 28.4. The summed E-state index contributed by atoms with van der Waals surface area (Å²) in [6.45, 7) is 2.48. The van der Waals surface area contributed by atoms with E-state index < -0.39 is 11.6 Å². The van der Waals surface area contributed by atoms with Gasteiger partial charge in [-0.1, -0.05) is 30.3 Å². The molecule has 1 saturated carbocycles. The normalized spacial score (nSPS) is 22.5. The molecule has 1 amide bonds. The standard InChI is InChI=1S/C28H28F2N4O/c29-21-13-19(14-22(30)15-21)23-16-31-17-24(25(23)34-12-10-27(18-34)7-4-11-32-27)26(35)33-28(8-9-28)20-5-2-1-3-6-20/h1-3,5-6,13-17,32H,4,7-12,18H2,(H,33,35). The van der Waals surface area contributed by atoms with Crippen LogP contribution in [-0.2, 0) is 5.54 Å². The summed E-state index contributed by atoms with van der Waals surface area (Å²) in [5, 5.41) is 6.91. The van der Waals surface area contributed by atoms with Crippen molar-refractivity contribution in [3.63, 3.8) is 0 Å². The Morgan fingerprint density at radius 3 is 2.46 bits per heavy atom. The van der Waals surface area contributed by atoms with Crippen LogP contribution in [0.4, 0.5) is 14.5 Å². The maximum atomic E-state index is 14.2. The maximum absolute atomic E-state index is 14.2. The SMILES string of the molecule is O=C(NC1(c2ccccc2)CC1)c1cncc(-c2cc(F)cc(F)c2)c1N1CCC2(CCCN2)C1. The third-order valence-corrected chi connectivity index (χ3v) is 7.77. The number of pyridine rings is 1. The fraction of sp³-hybridized carbons (Fsp3) is 0.357. The van der Waals surface area contributed by atoms with Crippen molar-refractivity contribution in [1.82, 2.24) is 15.6 Å². The van der Waals surface area contributed by atoms with Crippen LogP contribution in [0.15, 0.2) is 60.9 Å². The van der Waals surface area contributed by atoms with E-state index in [-0.39, 0.29) is 17.0 Å². The van der Waals surface area contributed by atoms with E-state index >= 15 is 0 Å². The van der Waals surface area contributed by atoms with Crippen LogP contribution in [-0.4, -0.2) is 36.1 Å². The number of halogens is 2. The number of hydrogen-bond acceptors (Lipinski definition) is 4. The molecule has 2 aromatic carbocycles. The molecule has 5 nitrogen and oxygen atoms in total. The molecule has 3 aromatic rings. The van der Waals surface area contributed by atoms with Crippen molar-refractivity contribution in [2.45, 2.75) is 43.2 Å². The zero-order valence-corrected chi connectivity index (χ0v) is 19.5. The lowest BCUT2D eigenvalue weighted by Crippen LogP contribution is -2.43. The van der Waals surface area contributed by atoms with Gasteiger partial charge in [-0.2, -0.15) is 0 Å². The van der Waals surface area contributed by atoms with E-state index in [0.29, 0.717) is 22.4 Å². The van der Waals surface area contributed by atoms with Crippen molar-refractivity contribution in [3.8, 4) is 11.1 Å². The fourth-order valence-corrected chi connectivity index (χ4v) is 5.81. The Morgan fingerprint density at radius 1 is 1.00 bits per heavy atom. The van der Waals surface area contributed by atoms with Crippen molar-refractivity contribution in [2.75, 3.05) is 24.5 Å². The highest BCUT2D eigenvalue weighted by Crippen LogP contribution is 2.46. The molecule has 180 valence electrons. The zero-order valence-electron chi connectivity index (χ0n) is 19.5. The van der Waals surface area contributed by atoms with Crippen LogP contribution in [0.3, 0.4) is 0 Å². The number of anilines is 1. The lowest BCUT2D eigenvalue weighted by molar-refractivity contribution is 0.0931. The number of hydrogen-bond donors (Lipinski definition) is 2. The van der Waals surface area contributed by atoms with Gasteiger partial charge in [0.05, 0.1) is 16.8 Å². The predicted molar refractivity (Wildman–Crippen MR) is 131 cm³/mol. The van der Waals surface area contributed by atoms with Crippen molar-refractivity contribution in [2.24, 2.45) is 0 Å². The molecular weight excluding hydrogens is 446 g/mol. The van der Waals surface area contributed by atoms with Crippen molar-refractivity contribution in [3.05, 3.63) is 83.7 Å². The van der Waals surface area contributed by atoms with E-state index in [1.54, 1.807) is 12.4 Å². The number of benzene rings is 2. The van der Waals surface area contributed by atoms with Crippen LogP contribution in [0.1, 0.15) is 48.0 Å². The second-order valence-electron chi connectivity index (χ2n) is 10.1. The van der Waals surface area contributed by atoms with Gasteiger partial charge < -0.3 is 15.5 Å². The number of aromatic nitrogens is 1. The van der Waals surface area contributed by atoms with Gasteiger partial charge in [-0.25, -0.2) is 8.78 Å². The van der Waals surface area contributed by atoms with Gasteiger partial charge in [0.2, 0.25) is 0 Å². The Bertz CT molecular complexity index is 1250. The summed E-state index contributed by atoms with van der Waals surface area (Å²) in [5.41, 5.74) is 2.79. The summed E-state index contributed by atoms with van der Waals surface area (Å²) in [6, 6.07) is 13.5. The molecule has 7 heteroatoms. The summed E-state index contributed by atoms with van der Waals surface area (Å²) in [5.74, 6) is -1.53. The minimum atomic E-state index is -0.655. The van der Waals surface area contributed by atoms with Crippen molar-refractivity contribution >= 4 is 11.6 Å². The monoisotopic (exact) mass is 474 g/mol. The van der Waals surface area contributed by atoms with E-state index in [0.717, 1.165) is 63.4 Å². The second-order valence-corrected chi connectivity index (χ2v) is 10.1. The highest BCUT2D eigenvalue weighted by atomic mass is 19.1. The number of nitrogens with zero attached hydrogens (tertiary/aromatic N) is 2. The first-order valence-corrected chi connectivity index (χ1v) is 12.3. The lowest BCUT2D eigenvalue weighted by atomic mass is 9.96. The molecule has 0 bridgehead atoms. The highest BCUT2D eigenvalue weighted by molar-refractivity contribution is 6.03. The first-order chi connectivity index (χ1) is 17.0. The molecule has 1 spiro atoms. The predicted octanol–water partition coefficient (Wildman–Crippen LogP) is 4.78. The first kappa shape index (κ1) is 22.2. The van der Waals surface area contributed by atoms with Crippen LogP contribution < -0.4 is 15.5 Å². The molecule has 3 aliphatic rings. The largest absolute Gasteiger partial charge is 0.368 e. The van der Waals surface area contributed by atoms with Crippen molar-refractivity contribution < 1.29 is 13.6 Å². The van der Waals surface area contributed by atoms with Gasteiger partial charge in [0, 0.05) is 42.7 Å². The quantitative estimate of drug-likeness (QED) is 0.559. The molecule has 2 aliphatic heterocycles. The van der Waals surface area contributed by atoms with Gasteiger partial charge in [0.25, 0.3) is 5.91 Å². The Labute approximate surface area is 203 Å². The molecule has 0 radical (unpaired) electrons. The topological polar surface area (TPSA) is 57.3 Å². The Hall–Kier alpha value is -3.32. The van der Waals surface area contributed by atoms with Gasteiger partial charge in [0.15, 0.2) is 0 Å². The molecule has 1 aromatic heterocycles. The molecular formula is C28H28F2N4O. The average Bonchev–Trinajstić information content (AvgIpc) is 3.30. The molecule has 2 saturated heterocycles. The summed E-state index contributed by atoms with van der Waals surface area (Å²) in [4.78, 5) is 20.3. The molecule has 1 unspecified atom stereocenters. The first-order valence-electron chi connectivity index (χ1n) is 12.3. The second kappa shape index (κ2) is 8.41. The Morgan fingerprint density at radius 2 is 1.77 bits per heavy atom. The number of amides is 1. The Kier molecular flexibility index (Phi) is 5.33. The maximum Gasteiger partial charge on any atom is 0.255 e. The van der Waals surface area contributed by atoms with Crippen LogP contribution in [0.5, 0.6) is 0 Å². The zero-order chi connectivity index (χ0) is 24.0. The van der Waals surface area contributed by atoms with E-state index in [9.17, 15) is 13.6 Å². The molecule has 1 aliphatic carbocycles. The smallest absolute Gasteiger partial charge is 0.255 e. The number of carbonyl (C=O) groups excluding carboxylic acids is 1. The molecule has 3 fully saturated rings. The summed E-state index contributed by atoms with van der Waals surface area (Å²) in [7, 11) is 0. The van der Waals surface area contributed by atoms with Gasteiger partial charge in [-0.3, -0.25) is 9.78 Å². The van der Waals surface area contributed by atoms with Gasteiger partial charge in [-0.15, -0.1) is 0 Å². The van der Waals surface area contributed by atoms with E-state index in [4.69, 9.17) is 0 Å². The minimum absolute atomic E-state index is 0.0171. The molecule has 1 atom stereocenters. The molecule has 6 rings (SSSR count). The summed E-state index contributed by atoms with van der Waals surface area (Å²) >= 11 is 0. The Balaban J connectivity index is 1.41. The molecule has 3 heterocycles.